The molecule has 2 fully saturated rings. The molecule has 0 saturated carbocycles. The van der Waals surface area contributed by atoms with Crippen LogP contribution in [-0.2, 0) is 16.1 Å². The van der Waals surface area contributed by atoms with Crippen molar-refractivity contribution in [3.05, 3.63) is 35.9 Å². The highest BCUT2D eigenvalue weighted by Crippen LogP contribution is 2.21. The third-order valence-corrected chi connectivity index (χ3v) is 5.00. The van der Waals surface area contributed by atoms with Gasteiger partial charge in [-0.25, -0.2) is 0 Å². The monoisotopic (exact) mass is 329 g/mol. The van der Waals surface area contributed by atoms with Crippen LogP contribution in [0.1, 0.15) is 37.7 Å². The summed E-state index contributed by atoms with van der Waals surface area (Å²) in [5.74, 6) is 0.225. The highest BCUT2D eigenvalue weighted by molar-refractivity contribution is 5.84. The van der Waals surface area contributed by atoms with Gasteiger partial charge in [-0.2, -0.15) is 0 Å². The van der Waals surface area contributed by atoms with Gasteiger partial charge in [0.1, 0.15) is 0 Å². The van der Waals surface area contributed by atoms with E-state index in [0.29, 0.717) is 13.1 Å². The third-order valence-electron chi connectivity index (χ3n) is 5.00. The van der Waals surface area contributed by atoms with Gasteiger partial charge in [0, 0.05) is 19.6 Å². The molecule has 5 nitrogen and oxygen atoms in total. The number of carbonyl (C=O) groups is 2. The molecule has 24 heavy (non-hydrogen) atoms. The zero-order chi connectivity index (χ0) is 16.8. The van der Waals surface area contributed by atoms with E-state index >= 15 is 0 Å². The van der Waals surface area contributed by atoms with Crippen LogP contribution >= 0.6 is 0 Å². The first kappa shape index (κ1) is 17.0. The molecular formula is C19H27N3O2. The first-order chi connectivity index (χ1) is 11.7. The van der Waals surface area contributed by atoms with Crippen molar-refractivity contribution in [2.45, 2.75) is 44.7 Å². The zero-order valence-corrected chi connectivity index (χ0v) is 14.2. The van der Waals surface area contributed by atoms with Crippen LogP contribution < -0.4 is 5.32 Å². The molecule has 2 heterocycles. The van der Waals surface area contributed by atoms with Gasteiger partial charge in [0.05, 0.1) is 12.6 Å². The molecule has 1 aromatic carbocycles. The largest absolute Gasteiger partial charge is 0.351 e. The molecule has 2 aliphatic rings. The van der Waals surface area contributed by atoms with Gasteiger partial charge >= 0.3 is 0 Å². The molecule has 2 amide bonds. The van der Waals surface area contributed by atoms with E-state index in [2.05, 4.69) is 10.2 Å². The molecule has 0 aromatic heterocycles. The molecule has 2 saturated heterocycles. The predicted molar refractivity (Wildman–Crippen MR) is 93.3 cm³/mol. The van der Waals surface area contributed by atoms with Crippen molar-refractivity contribution in [1.82, 2.24) is 15.1 Å². The number of hydrogen-bond acceptors (Lipinski definition) is 3. The van der Waals surface area contributed by atoms with E-state index in [4.69, 9.17) is 0 Å². The molecule has 1 N–H and O–H groups in total. The Morgan fingerprint density at radius 1 is 1.00 bits per heavy atom. The van der Waals surface area contributed by atoms with Crippen LogP contribution in [0, 0.1) is 0 Å². The van der Waals surface area contributed by atoms with Gasteiger partial charge in [0.15, 0.2) is 0 Å². The molecule has 0 bridgehead atoms. The van der Waals surface area contributed by atoms with Gasteiger partial charge in [-0.1, -0.05) is 36.8 Å². The topological polar surface area (TPSA) is 52.7 Å². The second kappa shape index (κ2) is 8.29. The van der Waals surface area contributed by atoms with Gasteiger partial charge in [-0.15, -0.1) is 0 Å². The molecule has 3 rings (SSSR count). The Morgan fingerprint density at radius 2 is 1.71 bits per heavy atom. The number of piperidine rings is 1. The van der Waals surface area contributed by atoms with Gasteiger partial charge < -0.3 is 10.2 Å². The summed E-state index contributed by atoms with van der Waals surface area (Å²) >= 11 is 0. The van der Waals surface area contributed by atoms with E-state index in [0.717, 1.165) is 57.3 Å². The van der Waals surface area contributed by atoms with Crippen LogP contribution in [0.15, 0.2) is 30.3 Å². The van der Waals surface area contributed by atoms with Crippen molar-refractivity contribution in [2.75, 3.05) is 26.2 Å². The minimum absolute atomic E-state index is 0.0000231. The van der Waals surface area contributed by atoms with Crippen LogP contribution in [0.25, 0.3) is 0 Å². The molecule has 0 spiro atoms. The van der Waals surface area contributed by atoms with Crippen LogP contribution in [0.2, 0.25) is 0 Å². The Hall–Kier alpha value is -1.88. The first-order valence-corrected chi connectivity index (χ1v) is 9.07. The average molecular weight is 329 g/mol. The number of benzene rings is 1. The van der Waals surface area contributed by atoms with E-state index < -0.39 is 0 Å². The van der Waals surface area contributed by atoms with E-state index in [1.54, 1.807) is 0 Å². The lowest BCUT2D eigenvalue weighted by atomic mass is 10.0. The van der Waals surface area contributed by atoms with Crippen molar-refractivity contribution >= 4 is 11.8 Å². The quantitative estimate of drug-likeness (QED) is 0.896. The van der Waals surface area contributed by atoms with Gasteiger partial charge in [-0.05, 0) is 37.8 Å². The molecule has 0 unspecified atom stereocenters. The van der Waals surface area contributed by atoms with E-state index in [1.807, 2.05) is 35.2 Å². The number of nitrogens with zero attached hydrogens (tertiary/aromatic N) is 2. The number of nitrogens with one attached hydrogen (secondary N) is 1. The minimum Gasteiger partial charge on any atom is -0.351 e. The maximum absolute atomic E-state index is 12.7. The first-order valence-electron chi connectivity index (χ1n) is 9.07. The van der Waals surface area contributed by atoms with E-state index in [1.165, 1.54) is 0 Å². The highest BCUT2D eigenvalue weighted by Gasteiger charge is 2.33. The molecule has 0 radical (unpaired) electrons. The van der Waals surface area contributed by atoms with Crippen molar-refractivity contribution in [2.24, 2.45) is 0 Å². The summed E-state index contributed by atoms with van der Waals surface area (Å²) in [6, 6.07) is 9.79. The van der Waals surface area contributed by atoms with Crippen molar-refractivity contribution in [1.29, 1.82) is 0 Å². The lowest BCUT2D eigenvalue weighted by molar-refractivity contribution is -0.138. The number of hydrogen-bond donors (Lipinski definition) is 1. The number of likely N-dealkylation sites (tertiary alicyclic amines) is 2. The van der Waals surface area contributed by atoms with Gasteiger partial charge in [0.25, 0.3) is 0 Å². The van der Waals surface area contributed by atoms with E-state index in [-0.39, 0.29) is 17.9 Å². The standard InChI is InChI=1S/C19H27N3O2/c23-18(20-14-16-8-2-1-3-9-16)15-22-13-5-4-10-17(22)19(24)21-11-6-7-12-21/h1-3,8-9,17H,4-7,10-15H2,(H,20,23)/t17-/m0/s1. The van der Waals surface area contributed by atoms with Crippen LogP contribution in [-0.4, -0.2) is 53.8 Å². The Bertz CT molecular complexity index is 555. The predicted octanol–water partition coefficient (Wildman–Crippen LogP) is 1.78. The van der Waals surface area contributed by atoms with Crippen LogP contribution in [0.3, 0.4) is 0 Å². The second-order valence-electron chi connectivity index (χ2n) is 6.78. The van der Waals surface area contributed by atoms with Crippen LogP contribution in [0.5, 0.6) is 0 Å². The van der Waals surface area contributed by atoms with Gasteiger partial charge in [0.2, 0.25) is 11.8 Å². The summed E-state index contributed by atoms with van der Waals surface area (Å²) in [6.45, 7) is 3.45. The fourth-order valence-corrected chi connectivity index (χ4v) is 3.65. The van der Waals surface area contributed by atoms with Crippen molar-refractivity contribution in [3.8, 4) is 0 Å². The van der Waals surface area contributed by atoms with E-state index in [9.17, 15) is 9.59 Å². The van der Waals surface area contributed by atoms with Crippen LogP contribution in [0.4, 0.5) is 0 Å². The van der Waals surface area contributed by atoms with Gasteiger partial charge in [-0.3, -0.25) is 14.5 Å². The Morgan fingerprint density at radius 3 is 2.46 bits per heavy atom. The molecule has 1 aromatic rings. The Kier molecular flexibility index (Phi) is 5.86. The summed E-state index contributed by atoms with van der Waals surface area (Å²) in [4.78, 5) is 29.1. The average Bonchev–Trinajstić information content (AvgIpc) is 3.15. The lowest BCUT2D eigenvalue weighted by Crippen LogP contribution is -2.52. The SMILES string of the molecule is O=C(CN1CCCC[C@H]1C(=O)N1CCCC1)NCc1ccccc1. The highest BCUT2D eigenvalue weighted by atomic mass is 16.2. The Labute approximate surface area is 144 Å². The second-order valence-corrected chi connectivity index (χ2v) is 6.78. The number of rotatable bonds is 5. The molecule has 0 aliphatic carbocycles. The molecule has 5 heteroatoms. The maximum atomic E-state index is 12.7. The lowest BCUT2D eigenvalue weighted by Gasteiger charge is -2.36. The molecule has 1 atom stereocenters. The Balaban J connectivity index is 1.53. The fraction of sp³-hybridized carbons (Fsp3) is 0.579. The smallest absolute Gasteiger partial charge is 0.239 e. The molecular weight excluding hydrogens is 302 g/mol. The minimum atomic E-state index is -0.112. The summed E-state index contributed by atoms with van der Waals surface area (Å²) in [6.07, 6.45) is 5.23. The summed E-state index contributed by atoms with van der Waals surface area (Å²) < 4.78 is 0. The third kappa shape index (κ3) is 4.35. The summed E-state index contributed by atoms with van der Waals surface area (Å²) in [5.41, 5.74) is 1.09. The van der Waals surface area contributed by atoms with Crippen molar-refractivity contribution in [3.63, 3.8) is 0 Å². The zero-order valence-electron chi connectivity index (χ0n) is 14.2. The molecule has 130 valence electrons. The maximum Gasteiger partial charge on any atom is 0.239 e. The summed E-state index contributed by atoms with van der Waals surface area (Å²) in [7, 11) is 0. The van der Waals surface area contributed by atoms with Crippen molar-refractivity contribution < 1.29 is 9.59 Å². The fourth-order valence-electron chi connectivity index (χ4n) is 3.65. The summed E-state index contributed by atoms with van der Waals surface area (Å²) in [5, 5.41) is 2.97. The normalized spacial score (nSPS) is 21.7. The molecule has 2 aliphatic heterocycles. The number of amides is 2. The number of carbonyl (C=O) groups excluding carboxylic acids is 2.